The Morgan fingerprint density at radius 2 is 1.45 bits per heavy atom. The van der Waals surface area contributed by atoms with E-state index in [2.05, 4.69) is 5.10 Å². The van der Waals surface area contributed by atoms with Crippen LogP contribution in [0.4, 0.5) is 5.69 Å². The van der Waals surface area contributed by atoms with Crippen molar-refractivity contribution in [1.29, 1.82) is 0 Å². The number of benzene rings is 2. The summed E-state index contributed by atoms with van der Waals surface area (Å²) in [4.78, 5) is 14.5. The van der Waals surface area contributed by atoms with Crippen LogP contribution in [0.1, 0.15) is 0 Å². The van der Waals surface area contributed by atoms with Gasteiger partial charge in [0, 0.05) is 26.2 Å². The van der Waals surface area contributed by atoms with Gasteiger partial charge in [-0.1, -0.05) is 59.1 Å². The van der Waals surface area contributed by atoms with E-state index >= 15 is 0 Å². The van der Waals surface area contributed by atoms with E-state index in [1.807, 2.05) is 11.0 Å². The van der Waals surface area contributed by atoms with Crippen LogP contribution in [0.2, 0.25) is 15.1 Å². The maximum atomic E-state index is 13.0. The molecule has 0 N–H and O–H groups in total. The molecule has 1 saturated heterocycles. The van der Waals surface area contributed by atoms with Crippen LogP contribution in [0.5, 0.6) is 0 Å². The second kappa shape index (κ2) is 8.80. The van der Waals surface area contributed by atoms with Crippen LogP contribution in [0.15, 0.2) is 64.4 Å². The van der Waals surface area contributed by atoms with Gasteiger partial charge >= 0.3 is 0 Å². The van der Waals surface area contributed by atoms with Gasteiger partial charge < -0.3 is 4.90 Å². The number of piperazine rings is 1. The molecule has 3 aromatic rings. The van der Waals surface area contributed by atoms with E-state index in [9.17, 15) is 13.2 Å². The van der Waals surface area contributed by atoms with Crippen LogP contribution in [-0.4, -0.2) is 48.7 Å². The molecule has 0 radical (unpaired) electrons. The molecule has 1 aliphatic heterocycles. The Labute approximate surface area is 194 Å². The van der Waals surface area contributed by atoms with Gasteiger partial charge in [0.05, 0.1) is 27.6 Å². The first-order valence-electron chi connectivity index (χ1n) is 9.33. The monoisotopic (exact) mass is 498 g/mol. The lowest BCUT2D eigenvalue weighted by Crippen LogP contribution is -2.49. The van der Waals surface area contributed by atoms with Crippen LogP contribution in [0.25, 0.3) is 5.69 Å². The Hall–Kier alpha value is -2.10. The molecule has 0 spiro atoms. The normalized spacial score (nSPS) is 15.3. The second-order valence-corrected chi connectivity index (χ2v) is 9.91. The van der Waals surface area contributed by atoms with Gasteiger partial charge in [-0.2, -0.15) is 14.1 Å². The topological polar surface area (TPSA) is 75.5 Å². The molecule has 11 heteroatoms. The minimum atomic E-state index is -3.86. The lowest BCUT2D eigenvalue weighted by Gasteiger charge is -2.35. The van der Waals surface area contributed by atoms with Gasteiger partial charge in [0.15, 0.2) is 0 Å². The summed E-state index contributed by atoms with van der Waals surface area (Å²) in [6.07, 6.45) is 1.52. The van der Waals surface area contributed by atoms with Crippen LogP contribution >= 0.6 is 34.8 Å². The Morgan fingerprint density at radius 3 is 2.06 bits per heavy atom. The fourth-order valence-electron chi connectivity index (χ4n) is 3.43. The maximum Gasteiger partial charge on any atom is 0.292 e. The summed E-state index contributed by atoms with van der Waals surface area (Å²) in [6, 6.07) is 13.5. The van der Waals surface area contributed by atoms with Crippen LogP contribution in [0, 0.1) is 0 Å². The largest absolute Gasteiger partial charge is 0.366 e. The number of anilines is 1. The number of aromatic nitrogens is 2. The molecule has 1 aromatic heterocycles. The number of hydrogen-bond donors (Lipinski definition) is 0. The van der Waals surface area contributed by atoms with Crippen molar-refractivity contribution in [1.82, 2.24) is 14.1 Å². The molecule has 162 valence electrons. The Bertz CT molecular complexity index is 1250. The van der Waals surface area contributed by atoms with Crippen molar-refractivity contribution in [3.8, 4) is 5.69 Å². The average Bonchev–Trinajstić information content (AvgIpc) is 2.76. The molecule has 1 aliphatic rings. The highest BCUT2D eigenvalue weighted by atomic mass is 35.5. The Morgan fingerprint density at radius 1 is 0.839 bits per heavy atom. The summed E-state index contributed by atoms with van der Waals surface area (Å²) in [5, 5.41) is 4.42. The third kappa shape index (κ3) is 4.18. The van der Waals surface area contributed by atoms with Crippen molar-refractivity contribution >= 4 is 50.5 Å². The number of nitrogens with zero attached hydrogens (tertiary/aromatic N) is 4. The third-order valence-electron chi connectivity index (χ3n) is 5.00. The van der Waals surface area contributed by atoms with Crippen LogP contribution < -0.4 is 10.5 Å². The fraction of sp³-hybridized carbons (Fsp3) is 0.200. The van der Waals surface area contributed by atoms with E-state index in [0.717, 1.165) is 0 Å². The first kappa shape index (κ1) is 22.1. The average molecular weight is 500 g/mol. The number of halogens is 3. The molecule has 1 fully saturated rings. The van der Waals surface area contributed by atoms with E-state index in [1.54, 1.807) is 30.3 Å². The van der Waals surface area contributed by atoms with Gasteiger partial charge in [-0.25, -0.2) is 8.42 Å². The van der Waals surface area contributed by atoms with E-state index in [0.29, 0.717) is 24.5 Å². The van der Waals surface area contributed by atoms with Gasteiger partial charge in [-0.15, -0.1) is 0 Å². The molecule has 7 nitrogen and oxygen atoms in total. The highest BCUT2D eigenvalue weighted by molar-refractivity contribution is 7.89. The van der Waals surface area contributed by atoms with Crippen molar-refractivity contribution < 1.29 is 8.42 Å². The van der Waals surface area contributed by atoms with Crippen molar-refractivity contribution in [3.63, 3.8) is 0 Å². The maximum absolute atomic E-state index is 13.0. The molecule has 0 amide bonds. The summed E-state index contributed by atoms with van der Waals surface area (Å²) in [6.45, 7) is 1.03. The van der Waals surface area contributed by atoms with Crippen molar-refractivity contribution in [2.75, 3.05) is 31.1 Å². The minimum Gasteiger partial charge on any atom is -0.366 e. The minimum absolute atomic E-state index is 0.0318. The number of sulfonamides is 1. The van der Waals surface area contributed by atoms with Gasteiger partial charge in [0.25, 0.3) is 5.56 Å². The Kier molecular flexibility index (Phi) is 6.27. The zero-order valence-corrected chi connectivity index (χ0v) is 19.2. The van der Waals surface area contributed by atoms with E-state index in [1.165, 1.54) is 27.3 Å². The highest BCUT2D eigenvalue weighted by Crippen LogP contribution is 2.32. The summed E-state index contributed by atoms with van der Waals surface area (Å²) in [7, 11) is -3.86. The van der Waals surface area contributed by atoms with Gasteiger partial charge in [0.1, 0.15) is 9.92 Å². The second-order valence-electron chi connectivity index (χ2n) is 6.84. The summed E-state index contributed by atoms with van der Waals surface area (Å²) < 4.78 is 28.6. The fourth-order valence-corrected chi connectivity index (χ4v) is 6.19. The Balaban J connectivity index is 1.56. The standard InChI is InChI=1S/C20H17Cl3N4O3S/c21-15-7-4-8-16(22)19(15)31(29,30)26-11-9-25(10-12-26)17-13-24-27(20(28)18(17)23)14-5-2-1-3-6-14/h1-8,13H,9-12H2. The molecule has 0 atom stereocenters. The molecular formula is C20H17Cl3N4O3S. The SMILES string of the molecule is O=c1c(Cl)c(N2CCN(S(=O)(=O)c3c(Cl)cccc3Cl)CC2)cnn1-c1ccccc1. The first-order chi connectivity index (χ1) is 14.8. The van der Waals surface area contributed by atoms with Crippen LogP contribution in [0.3, 0.4) is 0 Å². The first-order valence-corrected chi connectivity index (χ1v) is 11.9. The number of hydrogen-bond acceptors (Lipinski definition) is 5. The highest BCUT2D eigenvalue weighted by Gasteiger charge is 2.32. The zero-order valence-electron chi connectivity index (χ0n) is 16.1. The third-order valence-corrected chi connectivity index (χ3v) is 8.21. The number of para-hydroxylation sites is 1. The quantitative estimate of drug-likeness (QED) is 0.547. The van der Waals surface area contributed by atoms with Gasteiger partial charge in [-0.05, 0) is 24.3 Å². The van der Waals surface area contributed by atoms with Crippen molar-refractivity contribution in [3.05, 3.63) is 80.1 Å². The lowest BCUT2D eigenvalue weighted by molar-refractivity contribution is 0.384. The lowest BCUT2D eigenvalue weighted by atomic mass is 10.3. The predicted octanol–water partition coefficient (Wildman–Crippen LogP) is 3.70. The smallest absolute Gasteiger partial charge is 0.292 e. The predicted molar refractivity (Wildman–Crippen MR) is 122 cm³/mol. The van der Waals surface area contributed by atoms with E-state index < -0.39 is 15.6 Å². The summed E-state index contributed by atoms with van der Waals surface area (Å²) >= 11 is 18.6. The molecule has 0 bridgehead atoms. The van der Waals surface area contributed by atoms with Crippen LogP contribution in [-0.2, 0) is 10.0 Å². The molecule has 2 aromatic carbocycles. The zero-order chi connectivity index (χ0) is 22.2. The van der Waals surface area contributed by atoms with Gasteiger partial charge in [-0.3, -0.25) is 4.79 Å². The van der Waals surface area contributed by atoms with Gasteiger partial charge in [0.2, 0.25) is 10.0 Å². The summed E-state index contributed by atoms with van der Waals surface area (Å²) in [5.41, 5.74) is 0.628. The molecule has 2 heterocycles. The number of rotatable bonds is 4. The summed E-state index contributed by atoms with van der Waals surface area (Å²) in [5.74, 6) is 0. The van der Waals surface area contributed by atoms with E-state index in [-0.39, 0.29) is 33.1 Å². The molecule has 0 unspecified atom stereocenters. The molecule has 4 rings (SSSR count). The van der Waals surface area contributed by atoms with Crippen molar-refractivity contribution in [2.24, 2.45) is 0 Å². The molecule has 0 aliphatic carbocycles. The van der Waals surface area contributed by atoms with Crippen molar-refractivity contribution in [2.45, 2.75) is 4.90 Å². The molecule has 31 heavy (non-hydrogen) atoms. The molecular weight excluding hydrogens is 483 g/mol. The molecule has 0 saturated carbocycles. The van der Waals surface area contributed by atoms with E-state index in [4.69, 9.17) is 34.8 Å².